The largest absolute Gasteiger partial charge is 0.318 e. The van der Waals surface area contributed by atoms with E-state index in [1.807, 2.05) is 0 Å². The molecule has 53 heavy (non-hydrogen) atoms. The van der Waals surface area contributed by atoms with Gasteiger partial charge in [0.05, 0.1) is 10.9 Å². The van der Waals surface area contributed by atoms with Gasteiger partial charge in [0.1, 0.15) is 0 Å². The van der Waals surface area contributed by atoms with Gasteiger partial charge in [0, 0.05) is 39.3 Å². The summed E-state index contributed by atoms with van der Waals surface area (Å²) in [7, 11) is 0. The fourth-order valence-electron chi connectivity index (χ4n) is 9.47. The van der Waals surface area contributed by atoms with Crippen molar-refractivity contribution in [3.05, 3.63) is 167 Å². The normalized spacial score (nSPS) is 23.7. The third-order valence-electron chi connectivity index (χ3n) is 12.3. The predicted molar refractivity (Wildman–Crippen MR) is 226 cm³/mol. The molecule has 9 rings (SSSR count). The second kappa shape index (κ2) is 14.7. The molecule has 4 aromatic rings. The first-order chi connectivity index (χ1) is 26.1. The molecule has 3 aromatic carbocycles. The first-order valence-corrected chi connectivity index (χ1v) is 20.2. The highest BCUT2D eigenvalue weighted by molar-refractivity contribution is 5.88. The number of fused-ring (bicyclic) bond motifs is 3. The lowest BCUT2D eigenvalue weighted by Gasteiger charge is -2.35. The number of allylic oxidation sites excluding steroid dienone is 14. The summed E-state index contributed by atoms with van der Waals surface area (Å²) in [6.45, 7) is 4.80. The summed E-state index contributed by atoms with van der Waals surface area (Å²) in [6, 6.07) is 27.1. The van der Waals surface area contributed by atoms with E-state index >= 15 is 0 Å². The highest BCUT2D eigenvalue weighted by atomic mass is 15.2. The van der Waals surface area contributed by atoms with Crippen LogP contribution in [0.4, 0.5) is 5.69 Å². The van der Waals surface area contributed by atoms with E-state index in [-0.39, 0.29) is 0 Å². The summed E-state index contributed by atoms with van der Waals surface area (Å²) in [6.07, 6.45) is 39.2. The van der Waals surface area contributed by atoms with Gasteiger partial charge in [-0.05, 0) is 123 Å². The molecule has 2 heteroatoms. The summed E-state index contributed by atoms with van der Waals surface area (Å²) in [5.41, 5.74) is 12.3. The molecule has 0 saturated heterocycles. The van der Waals surface area contributed by atoms with Gasteiger partial charge in [0.25, 0.3) is 0 Å². The van der Waals surface area contributed by atoms with E-state index in [2.05, 4.69) is 169 Å². The molecule has 0 radical (unpaired) electrons. The zero-order valence-corrected chi connectivity index (χ0v) is 31.4. The van der Waals surface area contributed by atoms with Crippen LogP contribution in [-0.4, -0.2) is 4.57 Å². The number of hydrogen-bond donors (Lipinski definition) is 0. The van der Waals surface area contributed by atoms with Crippen molar-refractivity contribution in [1.82, 2.24) is 4.57 Å². The molecular weight excluding hydrogens is 641 g/mol. The number of aromatic nitrogens is 1. The lowest BCUT2D eigenvalue weighted by molar-refractivity contribution is 0.477. The number of benzene rings is 3. The van der Waals surface area contributed by atoms with E-state index in [9.17, 15) is 0 Å². The second-order valence-electron chi connectivity index (χ2n) is 16.1. The van der Waals surface area contributed by atoms with Gasteiger partial charge in [-0.25, -0.2) is 0 Å². The average Bonchev–Trinajstić information content (AvgIpc) is 3.53. The molecule has 0 bridgehead atoms. The van der Waals surface area contributed by atoms with Gasteiger partial charge >= 0.3 is 0 Å². The van der Waals surface area contributed by atoms with Crippen LogP contribution in [0.2, 0.25) is 0 Å². The van der Waals surface area contributed by atoms with Crippen LogP contribution in [0, 0.1) is 23.7 Å². The average molecular weight is 693 g/mol. The minimum Gasteiger partial charge on any atom is -0.318 e. The third kappa shape index (κ3) is 6.81. The molecule has 1 aromatic heterocycles. The summed E-state index contributed by atoms with van der Waals surface area (Å²) < 4.78 is 2.52. The number of nitrogens with zero attached hydrogens (tertiary/aromatic N) is 2. The van der Waals surface area contributed by atoms with Crippen LogP contribution in [0.5, 0.6) is 0 Å². The van der Waals surface area contributed by atoms with Crippen molar-refractivity contribution in [3.63, 3.8) is 0 Å². The number of hydrogen-bond acceptors (Lipinski definition) is 1. The van der Waals surface area contributed by atoms with Crippen molar-refractivity contribution in [1.29, 1.82) is 0 Å². The SMILES string of the molecule is CC1C=c2c(c3ccc(N(C4=CC=CCC4)C4=CC=C(CC5C=C(C6C=CC=CC6)CCC5)C(C)C4)cc3n2-c2ccc(-c3ccccc3)cc2)=CC1. The van der Waals surface area contributed by atoms with E-state index < -0.39 is 0 Å². The Labute approximate surface area is 315 Å². The Bertz CT molecular complexity index is 2350. The molecule has 5 aliphatic carbocycles. The van der Waals surface area contributed by atoms with E-state index in [0.717, 1.165) is 32.1 Å². The van der Waals surface area contributed by atoms with Gasteiger partial charge in [-0.2, -0.15) is 0 Å². The lowest BCUT2D eigenvalue weighted by Crippen LogP contribution is -2.31. The van der Waals surface area contributed by atoms with Crippen LogP contribution in [-0.2, 0) is 0 Å². The highest BCUT2D eigenvalue weighted by Crippen LogP contribution is 2.40. The summed E-state index contributed by atoms with van der Waals surface area (Å²) in [4.78, 5) is 2.60. The van der Waals surface area contributed by atoms with Crippen molar-refractivity contribution in [2.24, 2.45) is 23.7 Å². The maximum absolute atomic E-state index is 2.66. The molecule has 0 amide bonds. The Kier molecular flexibility index (Phi) is 9.38. The van der Waals surface area contributed by atoms with Crippen molar-refractivity contribution >= 4 is 28.7 Å². The molecular formula is C51H52N2. The molecule has 266 valence electrons. The molecule has 0 aliphatic heterocycles. The second-order valence-corrected chi connectivity index (χ2v) is 16.1. The molecule has 1 heterocycles. The van der Waals surface area contributed by atoms with Gasteiger partial charge in [-0.15, -0.1) is 0 Å². The lowest BCUT2D eigenvalue weighted by atomic mass is 9.77. The Morgan fingerprint density at radius 3 is 2.43 bits per heavy atom. The van der Waals surface area contributed by atoms with E-state index in [4.69, 9.17) is 0 Å². The number of rotatable bonds is 8. The maximum Gasteiger partial charge on any atom is 0.0561 e. The molecule has 0 fully saturated rings. The fourth-order valence-corrected chi connectivity index (χ4v) is 9.47. The summed E-state index contributed by atoms with van der Waals surface area (Å²) >= 11 is 0. The van der Waals surface area contributed by atoms with Crippen molar-refractivity contribution in [2.75, 3.05) is 4.90 Å². The smallest absolute Gasteiger partial charge is 0.0561 e. The molecule has 4 atom stereocenters. The van der Waals surface area contributed by atoms with Crippen molar-refractivity contribution in [3.8, 4) is 16.8 Å². The summed E-state index contributed by atoms with van der Waals surface area (Å²) in [5, 5.41) is 4.03. The quantitative estimate of drug-likeness (QED) is 0.167. The third-order valence-corrected chi connectivity index (χ3v) is 12.3. The fraction of sp³-hybridized carbons (Fsp3) is 0.294. The maximum atomic E-state index is 2.66. The predicted octanol–water partition coefficient (Wildman–Crippen LogP) is 12.0. The Balaban J connectivity index is 1.09. The molecule has 0 saturated carbocycles. The van der Waals surface area contributed by atoms with Crippen molar-refractivity contribution in [2.45, 2.75) is 71.6 Å². The van der Waals surface area contributed by atoms with Crippen molar-refractivity contribution < 1.29 is 0 Å². The van der Waals surface area contributed by atoms with Crippen LogP contribution < -0.4 is 15.5 Å². The van der Waals surface area contributed by atoms with Crippen LogP contribution >= 0.6 is 0 Å². The topological polar surface area (TPSA) is 8.17 Å². The van der Waals surface area contributed by atoms with Crippen LogP contribution in [0.3, 0.4) is 0 Å². The Morgan fingerprint density at radius 1 is 0.774 bits per heavy atom. The monoisotopic (exact) mass is 692 g/mol. The summed E-state index contributed by atoms with van der Waals surface area (Å²) in [5.74, 6) is 2.29. The van der Waals surface area contributed by atoms with Gasteiger partial charge in [0.15, 0.2) is 0 Å². The first-order valence-electron chi connectivity index (χ1n) is 20.2. The minimum absolute atomic E-state index is 0.510. The van der Waals surface area contributed by atoms with E-state index in [1.54, 1.807) is 11.1 Å². The van der Waals surface area contributed by atoms with Gasteiger partial charge in [-0.1, -0.05) is 134 Å². The molecule has 0 N–H and O–H groups in total. The molecule has 2 nitrogen and oxygen atoms in total. The van der Waals surface area contributed by atoms with E-state index in [0.29, 0.717) is 23.7 Å². The van der Waals surface area contributed by atoms with Gasteiger partial charge in [-0.3, -0.25) is 0 Å². The molecule has 0 spiro atoms. The van der Waals surface area contributed by atoms with Crippen LogP contribution in [0.1, 0.15) is 71.6 Å². The highest BCUT2D eigenvalue weighted by Gasteiger charge is 2.27. The van der Waals surface area contributed by atoms with Gasteiger partial charge in [0.2, 0.25) is 0 Å². The minimum atomic E-state index is 0.510. The van der Waals surface area contributed by atoms with Crippen LogP contribution in [0.15, 0.2) is 156 Å². The Hall–Kier alpha value is -5.08. The molecule has 5 aliphatic rings. The standard InChI is InChI=1S/C51H52N2/c1-36-21-29-48-49-30-28-47(35-51(49)53(50(48)31-36)45-25-22-41(23-26-45)39-14-6-3-7-15-39)52(44-19-10-5-11-20-44)46-27-24-42(37(2)32-46)33-38-13-12-18-43(34-38)40-16-8-4-9-17-40/h3-10,14-16,19,22-31,34-38,40H,11-13,17-18,20-21,32-33H2,1-2H3. The zero-order chi connectivity index (χ0) is 35.7. The van der Waals surface area contributed by atoms with E-state index in [1.165, 1.54) is 81.0 Å². The number of anilines is 1. The first kappa shape index (κ1) is 33.7. The zero-order valence-electron chi connectivity index (χ0n) is 31.4. The van der Waals surface area contributed by atoms with Gasteiger partial charge < -0.3 is 9.47 Å². The Morgan fingerprint density at radius 2 is 1.64 bits per heavy atom. The molecule has 4 unspecified atom stereocenters. The van der Waals surface area contributed by atoms with Crippen LogP contribution in [0.25, 0.3) is 39.9 Å².